The van der Waals surface area contributed by atoms with Gasteiger partial charge in [0.1, 0.15) is 5.69 Å². The molecule has 0 saturated carbocycles. The Balaban J connectivity index is 2.33. The first-order valence-electron chi connectivity index (χ1n) is 6.59. The Morgan fingerprint density at radius 3 is 2.84 bits per heavy atom. The largest absolute Gasteiger partial charge is 0.351 e. The lowest BCUT2D eigenvalue weighted by molar-refractivity contribution is 0.0940. The van der Waals surface area contributed by atoms with Gasteiger partial charge < -0.3 is 9.88 Å². The molecular formula is C14H19BrN2OS. The van der Waals surface area contributed by atoms with E-state index in [9.17, 15) is 4.79 Å². The van der Waals surface area contributed by atoms with Gasteiger partial charge in [-0.2, -0.15) is 0 Å². The summed E-state index contributed by atoms with van der Waals surface area (Å²) in [5, 5.41) is 3.00. The highest BCUT2D eigenvalue weighted by Gasteiger charge is 2.16. The summed E-state index contributed by atoms with van der Waals surface area (Å²) in [6.07, 6.45) is 1.02. The lowest BCUT2D eigenvalue weighted by Gasteiger charge is -2.11. The Hall–Kier alpha value is -0.810. The number of nitrogens with zero attached hydrogens (tertiary/aromatic N) is 1. The molecule has 0 aliphatic carbocycles. The molecule has 0 fully saturated rings. The monoisotopic (exact) mass is 342 g/mol. The van der Waals surface area contributed by atoms with Gasteiger partial charge in [-0.05, 0) is 40.4 Å². The number of rotatable bonds is 5. The Morgan fingerprint density at radius 1 is 1.47 bits per heavy atom. The van der Waals surface area contributed by atoms with Crippen LogP contribution < -0.4 is 5.32 Å². The highest BCUT2D eigenvalue weighted by molar-refractivity contribution is 9.11. The molecule has 19 heavy (non-hydrogen) atoms. The molecule has 0 atom stereocenters. The Morgan fingerprint density at radius 2 is 2.21 bits per heavy atom. The van der Waals surface area contributed by atoms with E-state index in [0.717, 1.165) is 32.7 Å². The maximum absolute atomic E-state index is 12.3. The van der Waals surface area contributed by atoms with Crippen molar-refractivity contribution in [2.45, 2.75) is 33.7 Å². The van der Waals surface area contributed by atoms with Gasteiger partial charge in [-0.25, -0.2) is 0 Å². The summed E-state index contributed by atoms with van der Waals surface area (Å²) >= 11 is 5.18. The summed E-state index contributed by atoms with van der Waals surface area (Å²) in [5.74, 6) is 0.496. The number of aromatic nitrogens is 1. The third-order valence-electron chi connectivity index (χ3n) is 2.91. The molecule has 1 amide bonds. The van der Waals surface area contributed by atoms with Gasteiger partial charge in [-0.1, -0.05) is 20.8 Å². The third-order valence-corrected chi connectivity index (χ3v) is 4.48. The van der Waals surface area contributed by atoms with Crippen LogP contribution in [-0.4, -0.2) is 17.0 Å². The molecule has 0 radical (unpaired) electrons. The quantitative estimate of drug-likeness (QED) is 0.865. The van der Waals surface area contributed by atoms with Crippen LogP contribution in [0.4, 0.5) is 0 Å². The van der Waals surface area contributed by atoms with E-state index in [0.29, 0.717) is 12.5 Å². The summed E-state index contributed by atoms with van der Waals surface area (Å²) < 4.78 is 4.39. The summed E-state index contributed by atoms with van der Waals surface area (Å²) in [7, 11) is 0. The van der Waals surface area contributed by atoms with Crippen LogP contribution in [0.15, 0.2) is 15.9 Å². The normalized spacial score (nSPS) is 11.4. The second-order valence-electron chi connectivity index (χ2n) is 5.09. The number of halogens is 1. The predicted molar refractivity (Wildman–Crippen MR) is 85.0 cm³/mol. The molecule has 0 aromatic carbocycles. The molecule has 3 nitrogen and oxygen atoms in total. The molecule has 2 aromatic rings. The first-order valence-corrected chi connectivity index (χ1v) is 8.20. The summed E-state index contributed by atoms with van der Waals surface area (Å²) in [5.41, 5.74) is 1.92. The van der Waals surface area contributed by atoms with Crippen molar-refractivity contribution in [3.8, 4) is 0 Å². The van der Waals surface area contributed by atoms with Gasteiger partial charge in [0, 0.05) is 13.1 Å². The molecular weight excluding hydrogens is 324 g/mol. The van der Waals surface area contributed by atoms with E-state index in [1.54, 1.807) is 11.3 Å². The molecule has 104 valence electrons. The van der Waals surface area contributed by atoms with Crippen LogP contribution in [0.2, 0.25) is 0 Å². The molecule has 2 heterocycles. The zero-order valence-corrected chi connectivity index (χ0v) is 13.9. The first kappa shape index (κ1) is 14.6. The van der Waals surface area contributed by atoms with E-state index in [1.165, 1.54) is 0 Å². The van der Waals surface area contributed by atoms with Crippen molar-refractivity contribution in [1.29, 1.82) is 0 Å². The van der Waals surface area contributed by atoms with E-state index in [1.807, 2.05) is 6.07 Å². The summed E-state index contributed by atoms with van der Waals surface area (Å²) in [6.45, 7) is 7.91. The summed E-state index contributed by atoms with van der Waals surface area (Å²) in [6, 6.07) is 4.09. The molecule has 2 rings (SSSR count). The number of nitrogens with one attached hydrogen (secondary N) is 1. The number of fused-ring (bicyclic) bond motifs is 1. The van der Waals surface area contributed by atoms with Gasteiger partial charge >= 0.3 is 0 Å². The molecule has 0 spiro atoms. The van der Waals surface area contributed by atoms with Crippen molar-refractivity contribution >= 4 is 43.4 Å². The molecule has 0 saturated heterocycles. The minimum atomic E-state index is 0.0293. The Bertz CT molecular complexity index is 586. The standard InChI is InChI=1S/C14H19BrN2OS/c1-4-5-17-10-7-13(15)19-12(10)6-11(17)14(18)16-8-9(2)3/h6-7,9H,4-5,8H2,1-3H3,(H,16,18). The summed E-state index contributed by atoms with van der Waals surface area (Å²) in [4.78, 5) is 12.3. The molecule has 0 unspecified atom stereocenters. The second-order valence-corrected chi connectivity index (χ2v) is 7.55. The van der Waals surface area contributed by atoms with Crippen LogP contribution >= 0.6 is 27.3 Å². The number of carbonyl (C=O) groups is 1. The smallest absolute Gasteiger partial charge is 0.267 e. The fraction of sp³-hybridized carbons (Fsp3) is 0.500. The lowest BCUT2D eigenvalue weighted by atomic mass is 10.2. The van der Waals surface area contributed by atoms with Crippen LogP contribution in [0.5, 0.6) is 0 Å². The Labute approximate surface area is 126 Å². The van der Waals surface area contributed by atoms with Crippen LogP contribution in [-0.2, 0) is 6.54 Å². The maximum atomic E-state index is 12.3. The fourth-order valence-corrected chi connectivity index (χ4v) is 3.62. The average molecular weight is 343 g/mol. The molecule has 2 aromatic heterocycles. The Kier molecular flexibility index (Phi) is 4.68. The average Bonchev–Trinajstić information content (AvgIpc) is 2.84. The van der Waals surface area contributed by atoms with Crippen molar-refractivity contribution in [3.63, 3.8) is 0 Å². The van der Waals surface area contributed by atoms with E-state index in [2.05, 4.69) is 52.7 Å². The van der Waals surface area contributed by atoms with Gasteiger partial charge in [0.15, 0.2) is 0 Å². The number of hydrogen-bond donors (Lipinski definition) is 1. The zero-order chi connectivity index (χ0) is 14.0. The number of amides is 1. The number of aryl methyl sites for hydroxylation is 1. The fourth-order valence-electron chi connectivity index (χ4n) is 2.05. The van der Waals surface area contributed by atoms with E-state index in [-0.39, 0.29) is 5.91 Å². The molecule has 0 aliphatic rings. The molecule has 0 aliphatic heterocycles. The van der Waals surface area contributed by atoms with Crippen LogP contribution in [0, 0.1) is 5.92 Å². The van der Waals surface area contributed by atoms with Gasteiger partial charge in [0.25, 0.3) is 5.91 Å². The molecule has 1 N–H and O–H groups in total. The highest BCUT2D eigenvalue weighted by Crippen LogP contribution is 2.32. The highest BCUT2D eigenvalue weighted by atomic mass is 79.9. The number of carbonyl (C=O) groups excluding carboxylic acids is 1. The predicted octanol–water partition coefficient (Wildman–Crippen LogP) is 4.26. The van der Waals surface area contributed by atoms with Gasteiger partial charge in [0.05, 0.1) is 14.0 Å². The van der Waals surface area contributed by atoms with Crippen molar-refractivity contribution in [2.24, 2.45) is 5.92 Å². The van der Waals surface area contributed by atoms with Crippen molar-refractivity contribution in [2.75, 3.05) is 6.54 Å². The first-order chi connectivity index (χ1) is 9.02. The topological polar surface area (TPSA) is 34.0 Å². The molecule has 5 heteroatoms. The molecule has 0 bridgehead atoms. The third kappa shape index (κ3) is 3.20. The van der Waals surface area contributed by atoms with E-state index in [4.69, 9.17) is 0 Å². The van der Waals surface area contributed by atoms with Crippen molar-refractivity contribution in [1.82, 2.24) is 9.88 Å². The minimum Gasteiger partial charge on any atom is -0.351 e. The second kappa shape index (κ2) is 6.09. The van der Waals surface area contributed by atoms with Crippen molar-refractivity contribution in [3.05, 3.63) is 21.6 Å². The van der Waals surface area contributed by atoms with Gasteiger partial charge in [-0.15, -0.1) is 11.3 Å². The number of thiophene rings is 1. The van der Waals surface area contributed by atoms with Crippen LogP contribution in [0.1, 0.15) is 37.7 Å². The van der Waals surface area contributed by atoms with Crippen molar-refractivity contribution < 1.29 is 4.79 Å². The lowest BCUT2D eigenvalue weighted by Crippen LogP contribution is -2.29. The SMILES string of the molecule is CCCn1c(C(=O)NCC(C)C)cc2sc(Br)cc21. The van der Waals surface area contributed by atoms with Gasteiger partial charge in [-0.3, -0.25) is 4.79 Å². The van der Waals surface area contributed by atoms with E-state index >= 15 is 0 Å². The van der Waals surface area contributed by atoms with E-state index < -0.39 is 0 Å². The van der Waals surface area contributed by atoms with Gasteiger partial charge in [0.2, 0.25) is 0 Å². The maximum Gasteiger partial charge on any atom is 0.267 e. The zero-order valence-electron chi connectivity index (χ0n) is 11.5. The van der Waals surface area contributed by atoms with Crippen LogP contribution in [0.25, 0.3) is 10.2 Å². The number of hydrogen-bond acceptors (Lipinski definition) is 2. The van der Waals surface area contributed by atoms with Crippen LogP contribution in [0.3, 0.4) is 0 Å². The minimum absolute atomic E-state index is 0.0293.